The Morgan fingerprint density at radius 1 is 1.30 bits per heavy atom. The summed E-state index contributed by atoms with van der Waals surface area (Å²) in [4.78, 5) is 11.8. The van der Waals surface area contributed by atoms with E-state index in [9.17, 15) is 4.79 Å². The lowest BCUT2D eigenvalue weighted by Gasteiger charge is -2.45. The van der Waals surface area contributed by atoms with Gasteiger partial charge in [-0.15, -0.1) is 0 Å². The van der Waals surface area contributed by atoms with Gasteiger partial charge in [0.25, 0.3) is 0 Å². The van der Waals surface area contributed by atoms with Crippen LogP contribution in [0.5, 0.6) is 0 Å². The SMILES string of the molecule is CCOC1CC(NC(=O)OC(C)(C)C)C1NCC1CC1. The highest BCUT2D eigenvalue weighted by molar-refractivity contribution is 5.68. The first-order valence-corrected chi connectivity index (χ1v) is 7.73. The zero-order valence-corrected chi connectivity index (χ0v) is 13.1. The summed E-state index contributed by atoms with van der Waals surface area (Å²) in [6.07, 6.45) is 3.37. The van der Waals surface area contributed by atoms with Crippen LogP contribution >= 0.6 is 0 Å². The first-order valence-electron chi connectivity index (χ1n) is 7.73. The van der Waals surface area contributed by atoms with Gasteiger partial charge in [0.15, 0.2) is 0 Å². The van der Waals surface area contributed by atoms with E-state index < -0.39 is 5.60 Å². The van der Waals surface area contributed by atoms with Crippen molar-refractivity contribution in [1.29, 1.82) is 0 Å². The van der Waals surface area contributed by atoms with Crippen molar-refractivity contribution < 1.29 is 14.3 Å². The number of amides is 1. The third kappa shape index (κ3) is 4.63. The van der Waals surface area contributed by atoms with Crippen molar-refractivity contribution in [2.45, 2.75) is 70.7 Å². The van der Waals surface area contributed by atoms with Crippen molar-refractivity contribution in [1.82, 2.24) is 10.6 Å². The van der Waals surface area contributed by atoms with E-state index in [0.717, 1.165) is 18.9 Å². The Labute approximate surface area is 121 Å². The summed E-state index contributed by atoms with van der Waals surface area (Å²) in [6.45, 7) is 9.37. The van der Waals surface area contributed by atoms with E-state index in [1.807, 2.05) is 27.7 Å². The molecule has 0 bridgehead atoms. The van der Waals surface area contributed by atoms with Crippen LogP contribution in [-0.2, 0) is 9.47 Å². The molecule has 0 aliphatic heterocycles. The summed E-state index contributed by atoms with van der Waals surface area (Å²) >= 11 is 0. The van der Waals surface area contributed by atoms with Gasteiger partial charge in [0.05, 0.1) is 18.2 Å². The van der Waals surface area contributed by atoms with Crippen LogP contribution in [0.4, 0.5) is 4.79 Å². The van der Waals surface area contributed by atoms with Crippen LogP contribution in [0.2, 0.25) is 0 Å². The average Bonchev–Trinajstić information content (AvgIpc) is 3.09. The highest BCUT2D eigenvalue weighted by Gasteiger charge is 2.43. The number of carbonyl (C=O) groups is 1. The fraction of sp³-hybridized carbons (Fsp3) is 0.933. The van der Waals surface area contributed by atoms with Crippen LogP contribution in [0.3, 0.4) is 0 Å². The number of alkyl carbamates (subject to hydrolysis) is 1. The number of hydrogen-bond acceptors (Lipinski definition) is 4. The van der Waals surface area contributed by atoms with Crippen molar-refractivity contribution >= 4 is 6.09 Å². The molecule has 0 aromatic carbocycles. The van der Waals surface area contributed by atoms with E-state index in [4.69, 9.17) is 9.47 Å². The van der Waals surface area contributed by atoms with E-state index in [0.29, 0.717) is 6.61 Å². The van der Waals surface area contributed by atoms with Crippen LogP contribution in [0.25, 0.3) is 0 Å². The molecule has 2 rings (SSSR count). The minimum Gasteiger partial charge on any atom is -0.444 e. The van der Waals surface area contributed by atoms with Gasteiger partial charge in [0.1, 0.15) is 5.60 Å². The Morgan fingerprint density at radius 2 is 2.00 bits per heavy atom. The van der Waals surface area contributed by atoms with Gasteiger partial charge in [-0.3, -0.25) is 0 Å². The maximum absolute atomic E-state index is 11.8. The second-order valence-electron chi connectivity index (χ2n) is 6.86. The molecular formula is C15H28N2O3. The zero-order valence-electron chi connectivity index (χ0n) is 13.1. The molecule has 3 atom stereocenters. The molecule has 2 fully saturated rings. The fourth-order valence-electron chi connectivity index (χ4n) is 2.50. The largest absolute Gasteiger partial charge is 0.444 e. The van der Waals surface area contributed by atoms with Gasteiger partial charge >= 0.3 is 6.09 Å². The Bertz CT molecular complexity index is 337. The molecule has 0 radical (unpaired) electrons. The van der Waals surface area contributed by atoms with Crippen molar-refractivity contribution in [3.63, 3.8) is 0 Å². The number of hydrogen-bond donors (Lipinski definition) is 2. The minimum atomic E-state index is -0.454. The Morgan fingerprint density at radius 3 is 2.55 bits per heavy atom. The average molecular weight is 284 g/mol. The van der Waals surface area contributed by atoms with Crippen LogP contribution in [-0.4, -0.2) is 43.0 Å². The smallest absolute Gasteiger partial charge is 0.407 e. The Kier molecular flexibility index (Phi) is 4.91. The molecule has 3 unspecified atom stereocenters. The van der Waals surface area contributed by atoms with E-state index in [1.165, 1.54) is 12.8 Å². The van der Waals surface area contributed by atoms with Crippen LogP contribution in [0.15, 0.2) is 0 Å². The van der Waals surface area contributed by atoms with Crippen LogP contribution < -0.4 is 10.6 Å². The topological polar surface area (TPSA) is 59.6 Å². The van der Waals surface area contributed by atoms with Gasteiger partial charge in [-0.2, -0.15) is 0 Å². The van der Waals surface area contributed by atoms with Crippen LogP contribution in [0, 0.1) is 5.92 Å². The summed E-state index contributed by atoms with van der Waals surface area (Å²) in [5.41, 5.74) is -0.454. The third-order valence-electron chi connectivity index (χ3n) is 3.74. The normalized spacial score (nSPS) is 29.7. The molecule has 2 N–H and O–H groups in total. The quantitative estimate of drug-likeness (QED) is 0.784. The number of carbonyl (C=O) groups excluding carboxylic acids is 1. The molecule has 0 spiro atoms. The molecule has 2 saturated carbocycles. The first kappa shape index (κ1) is 15.6. The Balaban J connectivity index is 1.78. The highest BCUT2D eigenvalue weighted by Crippen LogP contribution is 2.30. The van der Waals surface area contributed by atoms with Gasteiger partial charge < -0.3 is 20.1 Å². The lowest BCUT2D eigenvalue weighted by Crippen LogP contribution is -2.66. The van der Waals surface area contributed by atoms with E-state index in [2.05, 4.69) is 10.6 Å². The third-order valence-corrected chi connectivity index (χ3v) is 3.74. The van der Waals surface area contributed by atoms with Crippen molar-refractivity contribution in [3.05, 3.63) is 0 Å². The first-order chi connectivity index (χ1) is 9.39. The predicted molar refractivity (Wildman–Crippen MR) is 77.7 cm³/mol. The Hall–Kier alpha value is -0.810. The number of ether oxygens (including phenoxy) is 2. The summed E-state index contributed by atoms with van der Waals surface area (Å²) < 4.78 is 11.0. The fourth-order valence-corrected chi connectivity index (χ4v) is 2.50. The van der Waals surface area contributed by atoms with Gasteiger partial charge in [0.2, 0.25) is 0 Å². The molecule has 5 heteroatoms. The van der Waals surface area contributed by atoms with Crippen molar-refractivity contribution in [3.8, 4) is 0 Å². The zero-order chi connectivity index (χ0) is 14.8. The lowest BCUT2D eigenvalue weighted by molar-refractivity contribution is -0.0434. The molecule has 1 amide bonds. The molecule has 0 aromatic heterocycles. The summed E-state index contributed by atoms with van der Waals surface area (Å²) in [5, 5.41) is 6.49. The minimum absolute atomic E-state index is 0.111. The predicted octanol–water partition coefficient (Wildman–Crippen LogP) is 2.06. The van der Waals surface area contributed by atoms with Gasteiger partial charge in [-0.05, 0) is 59.4 Å². The lowest BCUT2D eigenvalue weighted by atomic mass is 9.82. The molecule has 0 heterocycles. The van der Waals surface area contributed by atoms with E-state index in [1.54, 1.807) is 0 Å². The standard InChI is InChI=1S/C15H28N2O3/c1-5-19-12-8-11(13(12)16-9-10-6-7-10)17-14(18)20-15(2,3)4/h10-13,16H,5-9H2,1-4H3,(H,17,18). The van der Waals surface area contributed by atoms with E-state index in [-0.39, 0.29) is 24.3 Å². The highest BCUT2D eigenvalue weighted by atomic mass is 16.6. The monoisotopic (exact) mass is 284 g/mol. The summed E-state index contributed by atoms with van der Waals surface area (Å²) in [6, 6.07) is 0.322. The molecule has 20 heavy (non-hydrogen) atoms. The molecule has 2 aliphatic rings. The van der Waals surface area contributed by atoms with Crippen molar-refractivity contribution in [2.24, 2.45) is 5.92 Å². The number of nitrogens with one attached hydrogen (secondary N) is 2. The molecular weight excluding hydrogens is 256 g/mol. The molecule has 116 valence electrons. The molecule has 0 aromatic rings. The summed E-state index contributed by atoms with van der Waals surface area (Å²) in [7, 11) is 0. The molecule has 5 nitrogen and oxygen atoms in total. The second kappa shape index (κ2) is 6.31. The van der Waals surface area contributed by atoms with E-state index >= 15 is 0 Å². The maximum atomic E-state index is 11.8. The van der Waals surface area contributed by atoms with Crippen LogP contribution in [0.1, 0.15) is 47.0 Å². The second-order valence-corrected chi connectivity index (χ2v) is 6.86. The molecule has 0 saturated heterocycles. The van der Waals surface area contributed by atoms with Gasteiger partial charge in [0, 0.05) is 6.61 Å². The van der Waals surface area contributed by atoms with Gasteiger partial charge in [-0.1, -0.05) is 0 Å². The van der Waals surface area contributed by atoms with Gasteiger partial charge in [-0.25, -0.2) is 4.79 Å². The maximum Gasteiger partial charge on any atom is 0.407 e. The number of rotatable bonds is 6. The summed E-state index contributed by atoms with van der Waals surface area (Å²) in [5.74, 6) is 0.819. The van der Waals surface area contributed by atoms with Crippen molar-refractivity contribution in [2.75, 3.05) is 13.2 Å². The molecule has 2 aliphatic carbocycles.